The summed E-state index contributed by atoms with van der Waals surface area (Å²) < 4.78 is 0. The Morgan fingerprint density at radius 3 is 1.62 bits per heavy atom. The molecule has 0 aromatic rings. The van der Waals surface area contributed by atoms with E-state index in [1.54, 1.807) is 0 Å². The Morgan fingerprint density at radius 1 is 0.750 bits per heavy atom. The fraction of sp³-hybridized carbons (Fsp3) is 1.00. The normalized spacial score (nSPS) is 17.1. The van der Waals surface area contributed by atoms with E-state index < -0.39 is 0 Å². The Kier molecular flexibility index (Phi) is 10.1. The van der Waals surface area contributed by atoms with Crippen molar-refractivity contribution in [3.8, 4) is 0 Å². The zero-order chi connectivity index (χ0) is 12.4. The molecule has 0 fully saturated rings. The standard InChI is InChI=1S/C15H32O/c1-5-13(2)8-6-9-14(3)10-7-11-15(4)12-16/h13-16H,5-12H2,1-4H3/t13-,14-,15-/m1/s1. The van der Waals surface area contributed by atoms with E-state index in [-0.39, 0.29) is 0 Å². The van der Waals surface area contributed by atoms with Gasteiger partial charge in [-0.2, -0.15) is 0 Å². The molecule has 98 valence electrons. The highest BCUT2D eigenvalue weighted by Gasteiger charge is 2.06. The second-order valence-electron chi connectivity index (χ2n) is 5.77. The summed E-state index contributed by atoms with van der Waals surface area (Å²) >= 11 is 0. The number of hydrogen-bond donors (Lipinski definition) is 1. The van der Waals surface area contributed by atoms with Crippen LogP contribution in [-0.4, -0.2) is 11.7 Å². The van der Waals surface area contributed by atoms with Gasteiger partial charge < -0.3 is 5.11 Å². The fourth-order valence-corrected chi connectivity index (χ4v) is 2.07. The van der Waals surface area contributed by atoms with E-state index in [9.17, 15) is 0 Å². The van der Waals surface area contributed by atoms with Crippen molar-refractivity contribution in [1.82, 2.24) is 0 Å². The van der Waals surface area contributed by atoms with Gasteiger partial charge in [0.2, 0.25) is 0 Å². The molecule has 0 aliphatic carbocycles. The van der Waals surface area contributed by atoms with Gasteiger partial charge in [0.05, 0.1) is 0 Å². The van der Waals surface area contributed by atoms with Crippen LogP contribution in [0.4, 0.5) is 0 Å². The van der Waals surface area contributed by atoms with Crippen molar-refractivity contribution in [2.75, 3.05) is 6.61 Å². The van der Waals surface area contributed by atoms with Crippen LogP contribution in [0.1, 0.15) is 72.6 Å². The fourth-order valence-electron chi connectivity index (χ4n) is 2.07. The predicted molar refractivity (Wildman–Crippen MR) is 72.6 cm³/mol. The van der Waals surface area contributed by atoms with Gasteiger partial charge in [-0.25, -0.2) is 0 Å². The van der Waals surface area contributed by atoms with Crippen LogP contribution in [0.25, 0.3) is 0 Å². The molecule has 0 saturated carbocycles. The Bertz CT molecular complexity index is 128. The van der Waals surface area contributed by atoms with Crippen molar-refractivity contribution >= 4 is 0 Å². The molecule has 0 aliphatic rings. The average molecular weight is 228 g/mol. The van der Waals surface area contributed by atoms with Crippen LogP contribution >= 0.6 is 0 Å². The molecule has 0 bridgehead atoms. The van der Waals surface area contributed by atoms with Crippen LogP contribution in [0.5, 0.6) is 0 Å². The van der Waals surface area contributed by atoms with Crippen LogP contribution in [-0.2, 0) is 0 Å². The lowest BCUT2D eigenvalue weighted by Crippen LogP contribution is -2.02. The minimum absolute atomic E-state index is 0.350. The molecule has 0 radical (unpaired) electrons. The van der Waals surface area contributed by atoms with Crippen molar-refractivity contribution in [1.29, 1.82) is 0 Å². The molecule has 0 unspecified atom stereocenters. The van der Waals surface area contributed by atoms with Crippen LogP contribution in [0.3, 0.4) is 0 Å². The highest BCUT2D eigenvalue weighted by atomic mass is 16.3. The Morgan fingerprint density at radius 2 is 1.19 bits per heavy atom. The molecule has 0 aliphatic heterocycles. The molecule has 0 saturated heterocycles. The molecule has 1 N–H and O–H groups in total. The van der Waals surface area contributed by atoms with E-state index >= 15 is 0 Å². The summed E-state index contributed by atoms with van der Waals surface area (Å²) in [5.74, 6) is 2.27. The van der Waals surface area contributed by atoms with E-state index in [2.05, 4.69) is 27.7 Å². The third-order valence-electron chi connectivity index (χ3n) is 3.80. The first kappa shape index (κ1) is 16.0. The molecular formula is C15H32O. The summed E-state index contributed by atoms with van der Waals surface area (Å²) in [7, 11) is 0. The molecule has 3 atom stereocenters. The SMILES string of the molecule is CC[C@@H](C)CCC[C@@H](C)CCC[C@@H](C)CO. The van der Waals surface area contributed by atoms with Gasteiger partial charge in [-0.1, -0.05) is 66.2 Å². The van der Waals surface area contributed by atoms with Crippen LogP contribution < -0.4 is 0 Å². The van der Waals surface area contributed by atoms with E-state index in [0.29, 0.717) is 12.5 Å². The van der Waals surface area contributed by atoms with Gasteiger partial charge in [0, 0.05) is 6.61 Å². The van der Waals surface area contributed by atoms with E-state index in [1.165, 1.54) is 44.9 Å². The van der Waals surface area contributed by atoms with Crippen molar-refractivity contribution in [3.05, 3.63) is 0 Å². The van der Waals surface area contributed by atoms with Gasteiger partial charge in [0.1, 0.15) is 0 Å². The second kappa shape index (κ2) is 10.1. The molecule has 0 aromatic carbocycles. The number of aliphatic hydroxyl groups excluding tert-OH is 1. The molecular weight excluding hydrogens is 196 g/mol. The van der Waals surface area contributed by atoms with E-state index in [0.717, 1.165) is 11.8 Å². The van der Waals surface area contributed by atoms with Crippen molar-refractivity contribution in [3.63, 3.8) is 0 Å². The maximum absolute atomic E-state index is 8.93. The Hall–Kier alpha value is -0.0400. The van der Waals surface area contributed by atoms with Gasteiger partial charge in [-0.05, 0) is 24.2 Å². The number of aliphatic hydroxyl groups is 1. The van der Waals surface area contributed by atoms with Crippen molar-refractivity contribution in [2.24, 2.45) is 17.8 Å². The third kappa shape index (κ3) is 9.21. The molecule has 0 aromatic heterocycles. The molecule has 0 amide bonds. The zero-order valence-corrected chi connectivity index (χ0v) is 11.8. The monoisotopic (exact) mass is 228 g/mol. The summed E-state index contributed by atoms with van der Waals surface area (Å²) in [4.78, 5) is 0. The first-order valence-corrected chi connectivity index (χ1v) is 7.20. The Labute approximate surface area is 103 Å². The Balaban J connectivity index is 3.34. The molecule has 0 rings (SSSR count). The van der Waals surface area contributed by atoms with E-state index in [1.807, 2.05) is 0 Å². The minimum atomic E-state index is 0.350. The lowest BCUT2D eigenvalue weighted by atomic mass is 9.93. The summed E-state index contributed by atoms with van der Waals surface area (Å²) in [5.41, 5.74) is 0. The first-order chi connectivity index (χ1) is 7.60. The lowest BCUT2D eigenvalue weighted by molar-refractivity contribution is 0.225. The number of hydrogen-bond acceptors (Lipinski definition) is 1. The predicted octanol–water partition coefficient (Wildman–Crippen LogP) is 4.64. The summed E-state index contributed by atoms with van der Waals surface area (Å²) in [6.45, 7) is 9.49. The highest BCUT2D eigenvalue weighted by molar-refractivity contribution is 4.58. The summed E-state index contributed by atoms with van der Waals surface area (Å²) in [6.07, 6.45) is 9.31. The molecule has 0 spiro atoms. The average Bonchev–Trinajstić information content (AvgIpc) is 2.28. The third-order valence-corrected chi connectivity index (χ3v) is 3.80. The second-order valence-corrected chi connectivity index (χ2v) is 5.77. The van der Waals surface area contributed by atoms with Gasteiger partial charge >= 0.3 is 0 Å². The molecule has 1 nitrogen and oxygen atoms in total. The molecule has 1 heteroatoms. The lowest BCUT2D eigenvalue weighted by Gasteiger charge is -2.14. The maximum Gasteiger partial charge on any atom is 0.0456 e. The van der Waals surface area contributed by atoms with Crippen LogP contribution in [0.2, 0.25) is 0 Å². The summed E-state index contributed by atoms with van der Waals surface area (Å²) in [6, 6.07) is 0. The van der Waals surface area contributed by atoms with E-state index in [4.69, 9.17) is 5.11 Å². The largest absolute Gasteiger partial charge is 0.396 e. The van der Waals surface area contributed by atoms with Crippen LogP contribution in [0, 0.1) is 17.8 Å². The smallest absolute Gasteiger partial charge is 0.0456 e. The molecule has 0 heterocycles. The quantitative estimate of drug-likeness (QED) is 0.577. The highest BCUT2D eigenvalue weighted by Crippen LogP contribution is 2.19. The van der Waals surface area contributed by atoms with Gasteiger partial charge in [0.25, 0.3) is 0 Å². The van der Waals surface area contributed by atoms with Gasteiger partial charge in [0.15, 0.2) is 0 Å². The maximum atomic E-state index is 8.93. The van der Waals surface area contributed by atoms with Gasteiger partial charge in [-0.3, -0.25) is 0 Å². The topological polar surface area (TPSA) is 20.2 Å². The van der Waals surface area contributed by atoms with Crippen LogP contribution in [0.15, 0.2) is 0 Å². The minimum Gasteiger partial charge on any atom is -0.396 e. The van der Waals surface area contributed by atoms with Crippen molar-refractivity contribution < 1.29 is 5.11 Å². The van der Waals surface area contributed by atoms with Crippen molar-refractivity contribution in [2.45, 2.75) is 72.6 Å². The van der Waals surface area contributed by atoms with Gasteiger partial charge in [-0.15, -0.1) is 0 Å². The molecule has 16 heavy (non-hydrogen) atoms. The zero-order valence-electron chi connectivity index (χ0n) is 11.8. The summed E-state index contributed by atoms with van der Waals surface area (Å²) in [5, 5.41) is 8.93. The first-order valence-electron chi connectivity index (χ1n) is 7.20. The number of rotatable bonds is 10.